The van der Waals surface area contributed by atoms with Gasteiger partial charge in [-0.1, -0.05) is 41.6 Å². The van der Waals surface area contributed by atoms with Gasteiger partial charge in [0.2, 0.25) is 11.8 Å². The molecular formula is C19H18FN3O2S. The highest BCUT2D eigenvalue weighted by Gasteiger charge is 2.14. The van der Waals surface area contributed by atoms with E-state index in [9.17, 15) is 9.18 Å². The molecule has 5 nitrogen and oxygen atoms in total. The van der Waals surface area contributed by atoms with Gasteiger partial charge in [0.1, 0.15) is 5.82 Å². The molecule has 0 saturated heterocycles. The summed E-state index contributed by atoms with van der Waals surface area (Å²) < 4.78 is 18.8. The first-order chi connectivity index (χ1) is 12.5. The molecule has 26 heavy (non-hydrogen) atoms. The Bertz CT molecular complexity index is 913. The second-order valence-electron chi connectivity index (χ2n) is 5.91. The molecule has 0 aliphatic rings. The van der Waals surface area contributed by atoms with E-state index < -0.39 is 0 Å². The molecule has 0 fully saturated rings. The van der Waals surface area contributed by atoms with Crippen LogP contribution in [-0.2, 0) is 11.3 Å². The summed E-state index contributed by atoms with van der Waals surface area (Å²) in [7, 11) is 1.68. The lowest BCUT2D eigenvalue weighted by Gasteiger charge is -2.16. The molecule has 0 unspecified atom stereocenters. The normalized spacial score (nSPS) is 10.7. The highest BCUT2D eigenvalue weighted by atomic mass is 32.2. The summed E-state index contributed by atoms with van der Waals surface area (Å²) in [5.74, 6) is 0.181. The number of rotatable bonds is 6. The van der Waals surface area contributed by atoms with E-state index in [2.05, 4.69) is 10.2 Å². The molecule has 7 heteroatoms. The Labute approximate surface area is 155 Å². The summed E-state index contributed by atoms with van der Waals surface area (Å²) in [6.07, 6.45) is 0. The summed E-state index contributed by atoms with van der Waals surface area (Å²) in [5.41, 5.74) is 2.69. The Hall–Kier alpha value is -2.67. The number of aryl methyl sites for hydroxylation is 1. The van der Waals surface area contributed by atoms with Gasteiger partial charge in [-0.15, -0.1) is 10.2 Å². The molecule has 0 saturated carbocycles. The predicted octanol–water partition coefficient (Wildman–Crippen LogP) is 3.93. The number of hydrogen-bond donors (Lipinski definition) is 0. The molecular weight excluding hydrogens is 353 g/mol. The molecule has 0 aliphatic carbocycles. The molecule has 0 spiro atoms. The fourth-order valence-corrected chi connectivity index (χ4v) is 3.10. The van der Waals surface area contributed by atoms with Crippen LogP contribution in [0, 0.1) is 12.7 Å². The van der Waals surface area contributed by atoms with Gasteiger partial charge in [-0.05, 0) is 36.8 Å². The third kappa shape index (κ3) is 4.70. The van der Waals surface area contributed by atoms with Crippen LogP contribution in [0.25, 0.3) is 11.5 Å². The van der Waals surface area contributed by atoms with Crippen LogP contribution in [0.3, 0.4) is 0 Å². The first kappa shape index (κ1) is 18.1. The molecule has 134 valence electrons. The van der Waals surface area contributed by atoms with Crippen LogP contribution < -0.4 is 0 Å². The number of hydrogen-bond acceptors (Lipinski definition) is 5. The van der Waals surface area contributed by atoms with Crippen molar-refractivity contribution in [1.29, 1.82) is 0 Å². The molecule has 0 bridgehead atoms. The van der Waals surface area contributed by atoms with Crippen LogP contribution in [-0.4, -0.2) is 33.8 Å². The van der Waals surface area contributed by atoms with Crippen LogP contribution in [0.2, 0.25) is 0 Å². The Morgan fingerprint density at radius 3 is 2.77 bits per heavy atom. The second-order valence-corrected chi connectivity index (χ2v) is 6.84. The van der Waals surface area contributed by atoms with Gasteiger partial charge in [-0.2, -0.15) is 0 Å². The van der Waals surface area contributed by atoms with Gasteiger partial charge in [-0.25, -0.2) is 4.39 Å². The average Bonchev–Trinajstić information content (AvgIpc) is 3.08. The van der Waals surface area contributed by atoms with Gasteiger partial charge in [-0.3, -0.25) is 4.79 Å². The molecule has 0 N–H and O–H groups in total. The molecule has 2 aromatic carbocycles. The van der Waals surface area contributed by atoms with Gasteiger partial charge in [0.05, 0.1) is 5.75 Å². The lowest BCUT2D eigenvalue weighted by atomic mass is 10.1. The van der Waals surface area contributed by atoms with E-state index in [1.54, 1.807) is 24.1 Å². The standard InChI is InChI=1S/C19H18FN3O2S/c1-13-5-3-7-15(9-13)18-21-22-19(25-18)26-12-17(24)23(2)11-14-6-4-8-16(20)10-14/h3-10H,11-12H2,1-2H3. The van der Waals surface area contributed by atoms with Crippen molar-refractivity contribution in [2.75, 3.05) is 12.8 Å². The molecule has 0 radical (unpaired) electrons. The molecule has 1 heterocycles. The van der Waals surface area contributed by atoms with Gasteiger partial charge in [0.25, 0.3) is 5.22 Å². The lowest BCUT2D eigenvalue weighted by molar-refractivity contribution is -0.127. The number of carbonyl (C=O) groups is 1. The largest absolute Gasteiger partial charge is 0.411 e. The summed E-state index contributed by atoms with van der Waals surface area (Å²) in [6, 6.07) is 14.0. The van der Waals surface area contributed by atoms with Crippen molar-refractivity contribution in [3.63, 3.8) is 0 Å². The van der Waals surface area contributed by atoms with Gasteiger partial charge in [0.15, 0.2) is 0 Å². The Morgan fingerprint density at radius 1 is 1.19 bits per heavy atom. The van der Waals surface area contributed by atoms with E-state index >= 15 is 0 Å². The third-order valence-electron chi connectivity index (χ3n) is 3.73. The van der Waals surface area contributed by atoms with E-state index in [-0.39, 0.29) is 17.5 Å². The number of amides is 1. The number of carbonyl (C=O) groups excluding carboxylic acids is 1. The molecule has 1 amide bonds. The first-order valence-electron chi connectivity index (χ1n) is 8.03. The third-order valence-corrected chi connectivity index (χ3v) is 4.53. The number of nitrogens with zero attached hydrogens (tertiary/aromatic N) is 3. The van der Waals surface area contributed by atoms with Crippen LogP contribution in [0.4, 0.5) is 4.39 Å². The number of thioether (sulfide) groups is 1. The maximum Gasteiger partial charge on any atom is 0.277 e. The summed E-state index contributed by atoms with van der Waals surface area (Å²) in [6.45, 7) is 2.33. The Morgan fingerprint density at radius 2 is 2.00 bits per heavy atom. The van der Waals surface area contributed by atoms with Crippen molar-refractivity contribution in [2.24, 2.45) is 0 Å². The maximum absolute atomic E-state index is 13.2. The SMILES string of the molecule is Cc1cccc(-c2nnc(SCC(=O)N(C)Cc3cccc(F)c3)o2)c1. The predicted molar refractivity (Wildman–Crippen MR) is 98.1 cm³/mol. The smallest absolute Gasteiger partial charge is 0.277 e. The van der Waals surface area contributed by atoms with Gasteiger partial charge < -0.3 is 9.32 Å². The molecule has 3 aromatic rings. The zero-order chi connectivity index (χ0) is 18.5. The summed E-state index contributed by atoms with van der Waals surface area (Å²) in [5, 5.41) is 8.34. The topological polar surface area (TPSA) is 59.2 Å². The highest BCUT2D eigenvalue weighted by Crippen LogP contribution is 2.24. The summed E-state index contributed by atoms with van der Waals surface area (Å²) >= 11 is 1.18. The minimum absolute atomic E-state index is 0.102. The minimum atomic E-state index is -0.313. The maximum atomic E-state index is 13.2. The van der Waals surface area contributed by atoms with Gasteiger partial charge >= 0.3 is 0 Å². The van der Waals surface area contributed by atoms with E-state index in [4.69, 9.17) is 4.42 Å². The molecule has 0 aliphatic heterocycles. The number of halogens is 1. The monoisotopic (exact) mass is 371 g/mol. The van der Waals surface area contributed by atoms with E-state index in [1.807, 2.05) is 31.2 Å². The van der Waals surface area contributed by atoms with Crippen LogP contribution in [0.15, 0.2) is 58.2 Å². The van der Waals surface area contributed by atoms with Crippen molar-refractivity contribution < 1.29 is 13.6 Å². The zero-order valence-corrected chi connectivity index (χ0v) is 15.3. The Balaban J connectivity index is 1.56. The summed E-state index contributed by atoms with van der Waals surface area (Å²) in [4.78, 5) is 13.8. The van der Waals surface area contributed by atoms with E-state index in [1.165, 1.54) is 23.9 Å². The minimum Gasteiger partial charge on any atom is -0.411 e. The molecule has 1 aromatic heterocycles. The van der Waals surface area contributed by atoms with Crippen molar-refractivity contribution in [1.82, 2.24) is 15.1 Å². The average molecular weight is 371 g/mol. The quantitative estimate of drug-likeness (QED) is 0.615. The fraction of sp³-hybridized carbons (Fsp3) is 0.211. The van der Waals surface area contributed by atoms with Crippen molar-refractivity contribution >= 4 is 17.7 Å². The Kier molecular flexibility index (Phi) is 5.68. The lowest BCUT2D eigenvalue weighted by Crippen LogP contribution is -2.27. The second kappa shape index (κ2) is 8.14. The molecule has 3 rings (SSSR count). The highest BCUT2D eigenvalue weighted by molar-refractivity contribution is 7.99. The number of aromatic nitrogens is 2. The van der Waals surface area contributed by atoms with Crippen LogP contribution in [0.1, 0.15) is 11.1 Å². The van der Waals surface area contributed by atoms with Crippen molar-refractivity contribution in [2.45, 2.75) is 18.7 Å². The van der Waals surface area contributed by atoms with Crippen LogP contribution in [0.5, 0.6) is 0 Å². The van der Waals surface area contributed by atoms with E-state index in [0.29, 0.717) is 17.7 Å². The first-order valence-corrected chi connectivity index (χ1v) is 9.01. The van der Waals surface area contributed by atoms with Crippen LogP contribution >= 0.6 is 11.8 Å². The van der Waals surface area contributed by atoms with Gasteiger partial charge in [0, 0.05) is 19.2 Å². The number of benzene rings is 2. The zero-order valence-electron chi connectivity index (χ0n) is 14.5. The van der Waals surface area contributed by atoms with E-state index in [0.717, 1.165) is 16.7 Å². The fourth-order valence-electron chi connectivity index (χ4n) is 2.39. The van der Waals surface area contributed by atoms with Crippen molar-refractivity contribution in [3.8, 4) is 11.5 Å². The van der Waals surface area contributed by atoms with Crippen molar-refractivity contribution in [3.05, 3.63) is 65.5 Å². The molecule has 0 atom stereocenters.